The molecular weight excluding hydrogens is 451 g/mol. The van der Waals surface area contributed by atoms with Crippen molar-refractivity contribution in [3.63, 3.8) is 0 Å². The maximum Gasteiger partial charge on any atom is 0.156 e. The zero-order valence-electron chi connectivity index (χ0n) is 17.2. The predicted octanol–water partition coefficient (Wildman–Crippen LogP) is 4.68. The van der Waals surface area contributed by atoms with E-state index in [1.165, 1.54) is 7.11 Å². The number of ether oxygens (including phenoxy) is 3. The predicted molar refractivity (Wildman–Crippen MR) is 121 cm³/mol. The Morgan fingerprint density at radius 2 is 1.43 bits per heavy atom. The summed E-state index contributed by atoms with van der Waals surface area (Å²) in [6.45, 7) is 4.50. The molecule has 2 N–H and O–H groups in total. The van der Waals surface area contributed by atoms with Crippen molar-refractivity contribution in [3.05, 3.63) is 57.6 Å². The molecule has 0 amide bonds. The van der Waals surface area contributed by atoms with Crippen LogP contribution in [0, 0.1) is 0 Å². The van der Waals surface area contributed by atoms with Crippen LogP contribution in [0.1, 0.15) is 25.0 Å². The van der Waals surface area contributed by atoms with Crippen LogP contribution in [0.3, 0.4) is 0 Å². The number of methoxy groups -OCH3 is 1. The first-order chi connectivity index (χ1) is 14.2. The summed E-state index contributed by atoms with van der Waals surface area (Å²) >= 11 is 18.4. The summed E-state index contributed by atoms with van der Waals surface area (Å²) in [6, 6.07) is 11.2. The fraction of sp³-hybridized carbons (Fsp3) is 0.455. The third kappa shape index (κ3) is 6.64. The summed E-state index contributed by atoms with van der Waals surface area (Å²) in [5, 5.41) is 20.0. The second kappa shape index (κ2) is 11.4. The van der Waals surface area contributed by atoms with Gasteiger partial charge >= 0.3 is 0 Å². The number of aliphatic hydroxyl groups is 2. The van der Waals surface area contributed by atoms with Gasteiger partial charge in [-0.1, -0.05) is 49.2 Å². The Balaban J connectivity index is 2.16. The van der Waals surface area contributed by atoms with Gasteiger partial charge in [0.25, 0.3) is 0 Å². The minimum Gasteiger partial charge on any atom is -0.491 e. The van der Waals surface area contributed by atoms with Gasteiger partial charge in [0, 0.05) is 12.5 Å². The molecule has 0 aliphatic heterocycles. The van der Waals surface area contributed by atoms with Gasteiger partial charge in [0.1, 0.15) is 31.2 Å². The van der Waals surface area contributed by atoms with Crippen LogP contribution in [0.2, 0.25) is 10.0 Å². The molecule has 0 saturated carbocycles. The quantitative estimate of drug-likeness (QED) is 0.460. The number of hydrogen-bond donors (Lipinski definition) is 2. The molecular formula is C22H27Cl3O5. The van der Waals surface area contributed by atoms with E-state index in [0.717, 1.165) is 11.1 Å². The van der Waals surface area contributed by atoms with E-state index >= 15 is 0 Å². The highest BCUT2D eigenvalue weighted by Gasteiger charge is 2.26. The van der Waals surface area contributed by atoms with Crippen molar-refractivity contribution >= 4 is 34.8 Å². The molecule has 30 heavy (non-hydrogen) atoms. The highest BCUT2D eigenvalue weighted by atomic mass is 35.5. The highest BCUT2D eigenvalue weighted by molar-refractivity contribution is 6.37. The number of alkyl halides is 1. The van der Waals surface area contributed by atoms with Crippen molar-refractivity contribution in [2.24, 2.45) is 0 Å². The molecule has 2 unspecified atom stereocenters. The molecule has 166 valence electrons. The second-order valence-corrected chi connectivity index (χ2v) is 8.58. The first-order valence-corrected chi connectivity index (χ1v) is 10.7. The van der Waals surface area contributed by atoms with Crippen LogP contribution in [-0.2, 0) is 10.2 Å². The van der Waals surface area contributed by atoms with Gasteiger partial charge in [-0.05, 0) is 35.4 Å². The molecule has 0 heterocycles. The summed E-state index contributed by atoms with van der Waals surface area (Å²) in [5.41, 5.74) is 1.55. The Morgan fingerprint density at radius 3 is 1.97 bits per heavy atom. The number of hydrogen-bond acceptors (Lipinski definition) is 5. The summed E-state index contributed by atoms with van der Waals surface area (Å²) in [5.74, 6) is 1.04. The summed E-state index contributed by atoms with van der Waals surface area (Å²) in [7, 11) is 1.53. The molecule has 0 aromatic heterocycles. The molecule has 2 aromatic carbocycles. The molecule has 0 spiro atoms. The van der Waals surface area contributed by atoms with Crippen LogP contribution in [0.15, 0.2) is 36.4 Å². The summed E-state index contributed by atoms with van der Waals surface area (Å²) in [4.78, 5) is 0. The van der Waals surface area contributed by atoms with Gasteiger partial charge in [-0.3, -0.25) is 0 Å². The average Bonchev–Trinajstić information content (AvgIpc) is 2.71. The Kier molecular flexibility index (Phi) is 9.54. The maximum absolute atomic E-state index is 9.69. The lowest BCUT2D eigenvalue weighted by Crippen LogP contribution is -2.23. The summed E-state index contributed by atoms with van der Waals surface area (Å²) < 4.78 is 16.0. The van der Waals surface area contributed by atoms with Crippen molar-refractivity contribution in [3.8, 4) is 11.5 Å². The topological polar surface area (TPSA) is 68.2 Å². The number of aliphatic hydroxyl groups excluding tert-OH is 2. The second-order valence-electron chi connectivity index (χ2n) is 7.46. The van der Waals surface area contributed by atoms with Crippen LogP contribution in [-0.4, -0.2) is 55.2 Å². The van der Waals surface area contributed by atoms with Crippen molar-refractivity contribution < 1.29 is 24.4 Å². The van der Waals surface area contributed by atoms with Gasteiger partial charge < -0.3 is 24.4 Å². The van der Waals surface area contributed by atoms with Crippen LogP contribution < -0.4 is 9.47 Å². The van der Waals surface area contributed by atoms with E-state index in [4.69, 9.17) is 49.0 Å². The van der Waals surface area contributed by atoms with E-state index < -0.39 is 17.6 Å². The van der Waals surface area contributed by atoms with Crippen molar-refractivity contribution in [2.75, 3.05) is 32.8 Å². The smallest absolute Gasteiger partial charge is 0.156 e. The van der Waals surface area contributed by atoms with Crippen molar-refractivity contribution in [1.29, 1.82) is 0 Å². The largest absolute Gasteiger partial charge is 0.491 e. The number of benzene rings is 2. The van der Waals surface area contributed by atoms with Gasteiger partial charge in [0.15, 0.2) is 5.75 Å². The Morgan fingerprint density at radius 1 is 0.867 bits per heavy atom. The zero-order valence-corrected chi connectivity index (χ0v) is 19.5. The number of halogens is 3. The first kappa shape index (κ1) is 25.1. The van der Waals surface area contributed by atoms with Crippen LogP contribution >= 0.6 is 34.8 Å². The van der Waals surface area contributed by atoms with E-state index in [2.05, 4.69) is 13.8 Å². The fourth-order valence-electron chi connectivity index (χ4n) is 2.85. The molecule has 5 nitrogen and oxygen atoms in total. The minimum absolute atomic E-state index is 0.00617. The molecule has 0 saturated heterocycles. The van der Waals surface area contributed by atoms with Gasteiger partial charge in [-0.2, -0.15) is 0 Å². The van der Waals surface area contributed by atoms with E-state index in [1.54, 1.807) is 12.1 Å². The third-order valence-corrected chi connectivity index (χ3v) is 5.61. The SMILES string of the molecule is COCC(O)COc1ccc(C(C)(C)c2cc(Cl)c(OCC(O)CCl)c(Cl)c2)cc1. The third-order valence-electron chi connectivity index (χ3n) is 4.70. The zero-order chi connectivity index (χ0) is 22.3. The standard InChI is InChI=1S/C22H27Cl3O5/c1-22(2,14-4-6-18(7-5-14)29-13-17(27)11-28-3)15-8-19(24)21(20(25)9-15)30-12-16(26)10-23/h4-9,16-17,26-27H,10-13H2,1-3H3. The van der Waals surface area contributed by atoms with E-state index in [9.17, 15) is 10.2 Å². The van der Waals surface area contributed by atoms with E-state index in [-0.39, 0.29) is 25.7 Å². The summed E-state index contributed by atoms with van der Waals surface area (Å²) in [6.07, 6.45) is -1.48. The van der Waals surface area contributed by atoms with Crippen LogP contribution in [0.4, 0.5) is 0 Å². The number of rotatable bonds is 11. The van der Waals surface area contributed by atoms with Crippen molar-refractivity contribution in [1.82, 2.24) is 0 Å². The Labute approximate surface area is 192 Å². The molecule has 2 rings (SSSR count). The monoisotopic (exact) mass is 476 g/mol. The Bertz CT molecular complexity index is 788. The van der Waals surface area contributed by atoms with Gasteiger partial charge in [-0.15, -0.1) is 11.6 Å². The molecule has 0 aliphatic rings. The molecule has 0 radical (unpaired) electrons. The molecule has 0 bridgehead atoms. The molecule has 0 fully saturated rings. The minimum atomic E-state index is -0.800. The molecule has 8 heteroatoms. The lowest BCUT2D eigenvalue weighted by molar-refractivity contribution is 0.0325. The highest BCUT2D eigenvalue weighted by Crippen LogP contribution is 2.40. The fourth-order valence-corrected chi connectivity index (χ4v) is 3.54. The normalized spacial score (nSPS) is 13.7. The first-order valence-electron chi connectivity index (χ1n) is 9.45. The van der Waals surface area contributed by atoms with Crippen molar-refractivity contribution in [2.45, 2.75) is 31.5 Å². The van der Waals surface area contributed by atoms with Gasteiger partial charge in [-0.25, -0.2) is 0 Å². The van der Waals surface area contributed by atoms with Gasteiger partial charge in [0.2, 0.25) is 0 Å². The van der Waals surface area contributed by atoms with Crippen LogP contribution in [0.25, 0.3) is 0 Å². The molecule has 0 aliphatic carbocycles. The van der Waals surface area contributed by atoms with Crippen LogP contribution in [0.5, 0.6) is 11.5 Å². The van der Waals surface area contributed by atoms with Gasteiger partial charge in [0.05, 0.1) is 22.5 Å². The maximum atomic E-state index is 9.69. The van der Waals surface area contributed by atoms with E-state index in [0.29, 0.717) is 21.5 Å². The lowest BCUT2D eigenvalue weighted by Gasteiger charge is -2.27. The average molecular weight is 478 g/mol. The molecule has 2 atom stereocenters. The lowest BCUT2D eigenvalue weighted by atomic mass is 9.78. The Hall–Kier alpha value is -1.21. The molecule has 2 aromatic rings. The van der Waals surface area contributed by atoms with E-state index in [1.807, 2.05) is 24.3 Å².